The Hall–Kier alpha value is -1.32. The average Bonchev–Trinajstić information content (AvgIpc) is 2.73. The quantitative estimate of drug-likeness (QED) is 0.791. The number of furan rings is 1. The van der Waals surface area contributed by atoms with Gasteiger partial charge in [-0.05, 0) is 44.5 Å². The van der Waals surface area contributed by atoms with Crippen LogP contribution in [0.2, 0.25) is 0 Å². The zero-order chi connectivity index (χ0) is 11.9. The van der Waals surface area contributed by atoms with Crippen LogP contribution in [0, 0.1) is 6.92 Å². The van der Waals surface area contributed by atoms with Gasteiger partial charge in [0.25, 0.3) is 0 Å². The lowest BCUT2D eigenvalue weighted by Crippen LogP contribution is -2.42. The lowest BCUT2D eigenvalue weighted by Gasteiger charge is -2.30. The standard InChI is InChI=1S/C14H17NO2/c1-10-3-4-12-11(7-10)8-13(17-12)14(16)5-2-6-15-9-14/h3-4,7-8,15-16H,2,5-6,9H2,1H3. The van der Waals surface area contributed by atoms with E-state index in [1.165, 1.54) is 5.56 Å². The molecule has 1 aliphatic rings. The van der Waals surface area contributed by atoms with E-state index < -0.39 is 5.60 Å². The Morgan fingerprint density at radius 3 is 3.00 bits per heavy atom. The van der Waals surface area contributed by atoms with Crippen molar-refractivity contribution in [2.24, 2.45) is 0 Å². The minimum absolute atomic E-state index is 0.575. The van der Waals surface area contributed by atoms with Crippen LogP contribution in [-0.2, 0) is 5.60 Å². The second-order valence-electron chi connectivity index (χ2n) is 4.96. The Morgan fingerprint density at radius 1 is 1.35 bits per heavy atom. The maximum absolute atomic E-state index is 10.6. The van der Waals surface area contributed by atoms with Gasteiger partial charge in [-0.15, -0.1) is 0 Å². The number of rotatable bonds is 1. The summed E-state index contributed by atoms with van der Waals surface area (Å²) in [6.45, 7) is 3.61. The van der Waals surface area contributed by atoms with Crippen LogP contribution in [0.1, 0.15) is 24.2 Å². The smallest absolute Gasteiger partial charge is 0.138 e. The van der Waals surface area contributed by atoms with Crippen LogP contribution in [-0.4, -0.2) is 18.2 Å². The van der Waals surface area contributed by atoms with E-state index in [9.17, 15) is 5.11 Å². The molecule has 0 spiro atoms. The molecule has 3 rings (SSSR count). The number of hydrogen-bond acceptors (Lipinski definition) is 3. The van der Waals surface area contributed by atoms with Gasteiger partial charge in [-0.2, -0.15) is 0 Å². The summed E-state index contributed by atoms with van der Waals surface area (Å²) in [4.78, 5) is 0. The number of β-amino-alcohol motifs (C(OH)–C–C–N with tert-alkyl or cyclic N) is 1. The van der Waals surface area contributed by atoms with Crippen LogP contribution in [0.25, 0.3) is 11.0 Å². The summed E-state index contributed by atoms with van der Waals surface area (Å²) in [5, 5.41) is 14.8. The van der Waals surface area contributed by atoms with Gasteiger partial charge in [0.1, 0.15) is 16.9 Å². The van der Waals surface area contributed by atoms with Crippen molar-refractivity contribution in [3.63, 3.8) is 0 Å². The monoisotopic (exact) mass is 231 g/mol. The molecule has 0 radical (unpaired) electrons. The zero-order valence-corrected chi connectivity index (χ0v) is 9.99. The molecule has 0 saturated carbocycles. The third kappa shape index (κ3) is 1.85. The molecule has 0 aliphatic carbocycles. The molecule has 2 N–H and O–H groups in total. The molecule has 0 amide bonds. The Labute approximate surface area is 100 Å². The summed E-state index contributed by atoms with van der Waals surface area (Å²) in [7, 11) is 0. The molecular formula is C14H17NO2. The molecule has 1 aromatic carbocycles. The largest absolute Gasteiger partial charge is 0.458 e. The molecule has 17 heavy (non-hydrogen) atoms. The molecule has 1 aromatic heterocycles. The fourth-order valence-electron chi connectivity index (χ4n) is 2.49. The van der Waals surface area contributed by atoms with Crippen molar-refractivity contribution in [3.05, 3.63) is 35.6 Å². The van der Waals surface area contributed by atoms with Gasteiger partial charge in [0.2, 0.25) is 0 Å². The van der Waals surface area contributed by atoms with Crippen molar-refractivity contribution in [2.45, 2.75) is 25.4 Å². The molecule has 2 aromatic rings. The van der Waals surface area contributed by atoms with Crippen LogP contribution < -0.4 is 5.32 Å². The first-order valence-electron chi connectivity index (χ1n) is 6.11. The fourth-order valence-corrected chi connectivity index (χ4v) is 2.49. The van der Waals surface area contributed by atoms with Crippen molar-refractivity contribution < 1.29 is 9.52 Å². The first kappa shape index (κ1) is 10.8. The number of hydrogen-bond donors (Lipinski definition) is 2. The van der Waals surface area contributed by atoms with Crippen molar-refractivity contribution in [2.75, 3.05) is 13.1 Å². The molecule has 1 aliphatic heterocycles. The van der Waals surface area contributed by atoms with E-state index in [1.54, 1.807) is 0 Å². The number of nitrogens with one attached hydrogen (secondary N) is 1. The first-order valence-corrected chi connectivity index (χ1v) is 6.11. The molecule has 1 fully saturated rings. The highest BCUT2D eigenvalue weighted by atomic mass is 16.4. The number of aliphatic hydroxyl groups is 1. The van der Waals surface area contributed by atoms with Crippen molar-refractivity contribution in [1.82, 2.24) is 5.32 Å². The molecule has 3 nitrogen and oxygen atoms in total. The first-order chi connectivity index (χ1) is 8.17. The van der Waals surface area contributed by atoms with Gasteiger partial charge in [-0.25, -0.2) is 0 Å². The molecule has 90 valence electrons. The highest BCUT2D eigenvalue weighted by Gasteiger charge is 2.34. The highest BCUT2D eigenvalue weighted by molar-refractivity contribution is 5.78. The molecule has 2 heterocycles. The number of piperidine rings is 1. The fraction of sp³-hybridized carbons (Fsp3) is 0.429. The number of benzene rings is 1. The minimum atomic E-state index is -0.842. The second kappa shape index (κ2) is 3.86. The Kier molecular flexibility index (Phi) is 2.45. The van der Waals surface area contributed by atoms with E-state index in [-0.39, 0.29) is 0 Å². The van der Waals surface area contributed by atoms with Crippen LogP contribution in [0.15, 0.2) is 28.7 Å². The zero-order valence-electron chi connectivity index (χ0n) is 9.99. The SMILES string of the molecule is Cc1ccc2oc(C3(O)CCCNC3)cc2c1. The van der Waals surface area contributed by atoms with E-state index in [0.29, 0.717) is 12.3 Å². The Balaban J connectivity index is 2.05. The van der Waals surface area contributed by atoms with Gasteiger partial charge in [-0.1, -0.05) is 11.6 Å². The molecule has 1 unspecified atom stereocenters. The van der Waals surface area contributed by atoms with Gasteiger partial charge >= 0.3 is 0 Å². The van der Waals surface area contributed by atoms with Crippen LogP contribution in [0.4, 0.5) is 0 Å². The third-order valence-corrected chi connectivity index (χ3v) is 3.49. The van der Waals surface area contributed by atoms with Gasteiger partial charge < -0.3 is 14.8 Å². The van der Waals surface area contributed by atoms with Gasteiger partial charge in [-0.3, -0.25) is 0 Å². The lowest BCUT2D eigenvalue weighted by atomic mass is 9.91. The highest BCUT2D eigenvalue weighted by Crippen LogP contribution is 2.32. The molecular weight excluding hydrogens is 214 g/mol. The van der Waals surface area contributed by atoms with E-state index in [0.717, 1.165) is 30.4 Å². The van der Waals surface area contributed by atoms with Crippen molar-refractivity contribution >= 4 is 11.0 Å². The summed E-state index contributed by atoms with van der Waals surface area (Å²) in [6.07, 6.45) is 1.74. The normalized spacial score (nSPS) is 25.3. The number of aryl methyl sites for hydroxylation is 1. The third-order valence-electron chi connectivity index (χ3n) is 3.49. The van der Waals surface area contributed by atoms with Crippen LogP contribution >= 0.6 is 0 Å². The Morgan fingerprint density at radius 2 is 2.24 bits per heavy atom. The van der Waals surface area contributed by atoms with Crippen molar-refractivity contribution in [1.29, 1.82) is 0 Å². The van der Waals surface area contributed by atoms with Crippen molar-refractivity contribution in [3.8, 4) is 0 Å². The summed E-state index contributed by atoms with van der Waals surface area (Å²) < 4.78 is 5.78. The summed E-state index contributed by atoms with van der Waals surface area (Å²) in [5.41, 5.74) is 1.22. The predicted molar refractivity (Wildman–Crippen MR) is 67.0 cm³/mol. The van der Waals surface area contributed by atoms with Crippen LogP contribution in [0.5, 0.6) is 0 Å². The summed E-state index contributed by atoms with van der Waals surface area (Å²) >= 11 is 0. The van der Waals surface area contributed by atoms with E-state index in [1.807, 2.05) is 18.2 Å². The van der Waals surface area contributed by atoms with E-state index in [2.05, 4.69) is 18.3 Å². The van der Waals surface area contributed by atoms with Gasteiger partial charge in [0.05, 0.1) is 0 Å². The molecule has 3 heteroatoms. The maximum atomic E-state index is 10.6. The number of fused-ring (bicyclic) bond motifs is 1. The summed E-state index contributed by atoms with van der Waals surface area (Å²) in [6, 6.07) is 8.05. The van der Waals surface area contributed by atoms with E-state index in [4.69, 9.17) is 4.42 Å². The summed E-state index contributed by atoms with van der Waals surface area (Å²) in [5.74, 6) is 0.685. The lowest BCUT2D eigenvalue weighted by molar-refractivity contribution is -0.00612. The second-order valence-corrected chi connectivity index (χ2v) is 4.96. The van der Waals surface area contributed by atoms with Crippen LogP contribution in [0.3, 0.4) is 0 Å². The topological polar surface area (TPSA) is 45.4 Å². The molecule has 0 bridgehead atoms. The molecule has 1 atom stereocenters. The van der Waals surface area contributed by atoms with Gasteiger partial charge in [0.15, 0.2) is 0 Å². The molecule has 1 saturated heterocycles. The average molecular weight is 231 g/mol. The Bertz CT molecular complexity index is 538. The van der Waals surface area contributed by atoms with E-state index >= 15 is 0 Å². The predicted octanol–water partition coefficient (Wildman–Crippen LogP) is 2.31. The van der Waals surface area contributed by atoms with Gasteiger partial charge in [0, 0.05) is 11.9 Å². The maximum Gasteiger partial charge on any atom is 0.138 e. The minimum Gasteiger partial charge on any atom is -0.458 e.